The number of hydrogen-bond donors (Lipinski definition) is 2. The van der Waals surface area contributed by atoms with Crippen LogP contribution in [0.25, 0.3) is 5.69 Å². The van der Waals surface area contributed by atoms with Crippen molar-refractivity contribution in [2.45, 2.75) is 47.0 Å². The van der Waals surface area contributed by atoms with Gasteiger partial charge >= 0.3 is 0 Å². The van der Waals surface area contributed by atoms with E-state index in [1.165, 1.54) is 11.1 Å². The third kappa shape index (κ3) is 3.66. The van der Waals surface area contributed by atoms with Crippen LogP contribution in [-0.2, 0) is 24.1 Å². The van der Waals surface area contributed by atoms with Crippen LogP contribution in [0.3, 0.4) is 0 Å². The molecule has 0 aliphatic carbocycles. The number of carbonyl (C=O) groups is 1. The molecule has 0 saturated heterocycles. The number of nitrogens with one attached hydrogen (secondary N) is 1. The Balaban J connectivity index is 1.95. The summed E-state index contributed by atoms with van der Waals surface area (Å²) in [6.45, 7) is 8.17. The summed E-state index contributed by atoms with van der Waals surface area (Å²) in [5.41, 5.74) is 11.8. The summed E-state index contributed by atoms with van der Waals surface area (Å²) in [5, 5.41) is 11.9. The summed E-state index contributed by atoms with van der Waals surface area (Å²) in [7, 11) is 0. The van der Waals surface area contributed by atoms with Gasteiger partial charge in [-0.3, -0.25) is 9.89 Å². The molecule has 3 aromatic rings. The topological polar surface area (TPSA) is 102 Å². The molecule has 0 fully saturated rings. The molecule has 26 heavy (non-hydrogen) atoms. The maximum absolute atomic E-state index is 11.3. The van der Waals surface area contributed by atoms with Gasteiger partial charge in [0.15, 0.2) is 5.82 Å². The second-order valence-corrected chi connectivity index (χ2v) is 6.71. The lowest BCUT2D eigenvalue weighted by atomic mass is 10.1. The molecule has 0 radical (unpaired) electrons. The average Bonchev–Trinajstić information content (AvgIpc) is 3.09. The predicted octanol–water partition coefficient (Wildman–Crippen LogP) is 2.04. The van der Waals surface area contributed by atoms with Crippen LogP contribution in [0.4, 0.5) is 0 Å². The van der Waals surface area contributed by atoms with E-state index < -0.39 is 5.91 Å². The maximum atomic E-state index is 11.3. The van der Waals surface area contributed by atoms with Crippen LogP contribution in [0, 0.1) is 27.7 Å². The molecule has 0 saturated carbocycles. The number of rotatable bonds is 6. The van der Waals surface area contributed by atoms with E-state index in [4.69, 9.17) is 5.73 Å². The van der Waals surface area contributed by atoms with Crippen LogP contribution in [0.15, 0.2) is 18.2 Å². The lowest BCUT2D eigenvalue weighted by Crippen LogP contribution is -2.14. The number of nitrogens with zero attached hydrogens (tertiary/aromatic N) is 4. The van der Waals surface area contributed by atoms with Gasteiger partial charge in [0.2, 0.25) is 5.91 Å². The van der Waals surface area contributed by atoms with Gasteiger partial charge in [0.25, 0.3) is 0 Å². The highest BCUT2D eigenvalue weighted by Gasteiger charge is 2.16. The fourth-order valence-corrected chi connectivity index (χ4v) is 3.03. The first-order valence-corrected chi connectivity index (χ1v) is 8.66. The first-order valence-electron chi connectivity index (χ1n) is 8.66. The molecular formula is C19H24N6O. The molecule has 2 aromatic heterocycles. The van der Waals surface area contributed by atoms with Crippen LogP contribution >= 0.6 is 0 Å². The number of primary amides is 1. The molecule has 0 bridgehead atoms. The van der Waals surface area contributed by atoms with E-state index >= 15 is 0 Å². The molecule has 0 aliphatic rings. The van der Waals surface area contributed by atoms with Gasteiger partial charge in [-0.2, -0.15) is 10.2 Å². The Bertz CT molecular complexity index is 953. The van der Waals surface area contributed by atoms with E-state index in [0.29, 0.717) is 12.2 Å². The molecule has 136 valence electrons. The maximum Gasteiger partial charge on any atom is 0.225 e. The second kappa shape index (κ2) is 7.11. The molecule has 2 heterocycles. The highest BCUT2D eigenvalue weighted by atomic mass is 16.1. The lowest BCUT2D eigenvalue weighted by molar-refractivity contribution is -0.117. The number of nitrogens with two attached hydrogens (primary N) is 1. The first-order chi connectivity index (χ1) is 12.3. The number of aromatic nitrogens is 5. The zero-order valence-corrected chi connectivity index (χ0v) is 15.6. The highest BCUT2D eigenvalue weighted by Crippen LogP contribution is 2.19. The highest BCUT2D eigenvalue weighted by molar-refractivity contribution is 5.75. The first kappa shape index (κ1) is 17.8. The van der Waals surface area contributed by atoms with E-state index in [0.717, 1.165) is 34.9 Å². The van der Waals surface area contributed by atoms with Crippen LogP contribution in [-0.4, -0.2) is 30.9 Å². The van der Waals surface area contributed by atoms with E-state index in [9.17, 15) is 4.79 Å². The Morgan fingerprint density at radius 1 is 1.19 bits per heavy atom. The fourth-order valence-electron chi connectivity index (χ4n) is 3.03. The Kier molecular flexibility index (Phi) is 4.88. The van der Waals surface area contributed by atoms with Gasteiger partial charge in [0, 0.05) is 12.1 Å². The number of H-pyrrole nitrogens is 1. The van der Waals surface area contributed by atoms with Crippen molar-refractivity contribution in [3.8, 4) is 5.69 Å². The zero-order valence-electron chi connectivity index (χ0n) is 15.6. The molecule has 7 nitrogen and oxygen atoms in total. The third-order valence-electron chi connectivity index (χ3n) is 4.57. The van der Waals surface area contributed by atoms with Crippen LogP contribution in [0.5, 0.6) is 0 Å². The third-order valence-corrected chi connectivity index (χ3v) is 4.57. The van der Waals surface area contributed by atoms with Crippen molar-refractivity contribution in [3.05, 3.63) is 57.9 Å². The lowest BCUT2D eigenvalue weighted by Gasteiger charge is -2.09. The van der Waals surface area contributed by atoms with Crippen molar-refractivity contribution < 1.29 is 4.79 Å². The van der Waals surface area contributed by atoms with Crippen molar-refractivity contribution in [1.29, 1.82) is 0 Å². The average molecular weight is 352 g/mol. The Hall–Kier alpha value is -2.96. The number of hydrogen-bond acceptors (Lipinski definition) is 4. The van der Waals surface area contributed by atoms with E-state index in [2.05, 4.69) is 40.2 Å². The Morgan fingerprint density at radius 2 is 1.96 bits per heavy atom. The number of benzene rings is 1. The summed E-state index contributed by atoms with van der Waals surface area (Å²) in [6.07, 6.45) is 1.45. The second-order valence-electron chi connectivity index (χ2n) is 6.71. The van der Waals surface area contributed by atoms with Gasteiger partial charge < -0.3 is 5.73 Å². The molecule has 1 aromatic carbocycles. The van der Waals surface area contributed by atoms with Crippen molar-refractivity contribution in [1.82, 2.24) is 25.0 Å². The quantitative estimate of drug-likeness (QED) is 0.708. The molecule has 0 atom stereocenters. The number of aryl methyl sites for hydroxylation is 5. The largest absolute Gasteiger partial charge is 0.369 e. The van der Waals surface area contributed by atoms with Gasteiger partial charge in [-0.1, -0.05) is 17.7 Å². The SMILES string of the molecule is Cc1ccc(-n2nc(CC(N)=O)nc2CCc2n[nH]c(C)c2C)c(C)c1. The van der Waals surface area contributed by atoms with E-state index in [1.54, 1.807) is 0 Å². The van der Waals surface area contributed by atoms with Gasteiger partial charge in [0.05, 0.1) is 17.8 Å². The Morgan fingerprint density at radius 3 is 2.58 bits per heavy atom. The fraction of sp³-hybridized carbons (Fsp3) is 0.368. The summed E-state index contributed by atoms with van der Waals surface area (Å²) in [5.74, 6) is 0.809. The van der Waals surface area contributed by atoms with Crippen molar-refractivity contribution in [2.24, 2.45) is 5.73 Å². The van der Waals surface area contributed by atoms with Gasteiger partial charge in [-0.05, 0) is 51.3 Å². The van der Waals surface area contributed by atoms with Gasteiger partial charge in [0.1, 0.15) is 5.82 Å². The molecule has 7 heteroatoms. The summed E-state index contributed by atoms with van der Waals surface area (Å²) in [6, 6.07) is 6.18. The predicted molar refractivity (Wildman–Crippen MR) is 99.2 cm³/mol. The summed E-state index contributed by atoms with van der Waals surface area (Å²) < 4.78 is 1.82. The monoisotopic (exact) mass is 352 g/mol. The van der Waals surface area contributed by atoms with E-state index in [1.807, 2.05) is 30.7 Å². The standard InChI is InChI=1S/C19H24N6O/c1-11-5-7-16(12(2)9-11)25-19(21-18(24-25)10-17(20)26)8-6-15-13(3)14(4)22-23-15/h5,7,9H,6,8,10H2,1-4H3,(H2,20,26)(H,22,23). The molecule has 0 unspecified atom stereocenters. The van der Waals surface area contributed by atoms with Crippen LogP contribution < -0.4 is 5.73 Å². The molecule has 0 spiro atoms. The number of carbonyl (C=O) groups excluding carboxylic acids is 1. The summed E-state index contributed by atoms with van der Waals surface area (Å²) in [4.78, 5) is 15.8. The summed E-state index contributed by atoms with van der Waals surface area (Å²) >= 11 is 0. The molecule has 1 amide bonds. The normalized spacial score (nSPS) is 11.1. The minimum atomic E-state index is -0.437. The van der Waals surface area contributed by atoms with Crippen LogP contribution in [0.2, 0.25) is 0 Å². The smallest absolute Gasteiger partial charge is 0.225 e. The van der Waals surface area contributed by atoms with Crippen molar-refractivity contribution >= 4 is 5.91 Å². The number of aromatic amines is 1. The van der Waals surface area contributed by atoms with E-state index in [-0.39, 0.29) is 6.42 Å². The van der Waals surface area contributed by atoms with Crippen molar-refractivity contribution in [3.63, 3.8) is 0 Å². The minimum absolute atomic E-state index is 0.0332. The number of amides is 1. The molecule has 3 N–H and O–H groups in total. The molecule has 3 rings (SSSR count). The zero-order chi connectivity index (χ0) is 18.8. The van der Waals surface area contributed by atoms with Gasteiger partial charge in [-0.15, -0.1) is 0 Å². The van der Waals surface area contributed by atoms with Crippen molar-refractivity contribution in [2.75, 3.05) is 0 Å². The molecular weight excluding hydrogens is 328 g/mol. The van der Waals surface area contributed by atoms with Crippen LogP contribution in [0.1, 0.15) is 39.7 Å². The molecule has 0 aliphatic heterocycles. The Labute approximate surface area is 152 Å². The minimum Gasteiger partial charge on any atom is -0.369 e. The van der Waals surface area contributed by atoms with Gasteiger partial charge in [-0.25, -0.2) is 9.67 Å².